The summed E-state index contributed by atoms with van der Waals surface area (Å²) in [4.78, 5) is 30.6. The molecule has 2 aromatic carbocycles. The summed E-state index contributed by atoms with van der Waals surface area (Å²) in [5.41, 5.74) is 1.90. The van der Waals surface area contributed by atoms with Crippen molar-refractivity contribution in [2.45, 2.75) is 18.4 Å². The predicted molar refractivity (Wildman–Crippen MR) is 116 cm³/mol. The Morgan fingerprint density at radius 3 is 2.69 bits per heavy atom. The van der Waals surface area contributed by atoms with Crippen molar-refractivity contribution in [3.05, 3.63) is 58.4 Å². The molecule has 0 aliphatic heterocycles. The fraction of sp³-hybridized carbons (Fsp3) is 0.286. The molecule has 3 aromatic rings. The molecule has 0 fully saturated rings. The molecule has 3 rings (SSSR count). The topological polar surface area (TPSA) is 69.9 Å². The highest BCUT2D eigenvalue weighted by atomic mass is 32.2. The van der Waals surface area contributed by atoms with Crippen LogP contribution in [0.1, 0.15) is 27.6 Å². The summed E-state index contributed by atoms with van der Waals surface area (Å²) in [5.74, 6) is 0.239. The first-order valence-electron chi connectivity index (χ1n) is 9.10. The molecule has 0 bridgehead atoms. The third-order valence-corrected chi connectivity index (χ3v) is 6.13. The van der Waals surface area contributed by atoms with Crippen LogP contribution in [0.5, 0.6) is 0 Å². The van der Waals surface area contributed by atoms with E-state index in [2.05, 4.69) is 11.9 Å². The first-order chi connectivity index (χ1) is 14.1. The molecule has 0 radical (unpaired) electrons. The quantitative estimate of drug-likeness (QED) is 0.419. The van der Waals surface area contributed by atoms with Gasteiger partial charge in [-0.3, -0.25) is 4.79 Å². The largest absolute Gasteiger partial charge is 0.465 e. The predicted octanol–water partition coefficient (Wildman–Crippen LogP) is 3.99. The number of thiazole rings is 1. The Morgan fingerprint density at radius 1 is 1.14 bits per heavy atom. The van der Waals surface area contributed by atoms with Crippen LogP contribution in [-0.4, -0.2) is 43.0 Å². The molecule has 0 unspecified atom stereocenters. The molecule has 0 saturated carbocycles. The average molecular weight is 431 g/mol. The molecule has 6 nitrogen and oxygen atoms in total. The molecule has 1 amide bonds. The molecule has 152 valence electrons. The van der Waals surface area contributed by atoms with Crippen molar-refractivity contribution in [2.24, 2.45) is 4.99 Å². The second-order valence-corrected chi connectivity index (χ2v) is 8.43. The van der Waals surface area contributed by atoms with E-state index >= 15 is 0 Å². The van der Waals surface area contributed by atoms with Crippen LogP contribution in [0.2, 0.25) is 0 Å². The average Bonchev–Trinajstić information content (AvgIpc) is 3.08. The maximum atomic E-state index is 12.8. The van der Waals surface area contributed by atoms with Crippen molar-refractivity contribution < 1.29 is 19.1 Å². The first-order valence-corrected chi connectivity index (χ1v) is 10.9. The summed E-state index contributed by atoms with van der Waals surface area (Å²) >= 11 is 3.04. The number of carbonyl (C=O) groups is 2. The molecule has 0 N–H and O–H groups in total. The van der Waals surface area contributed by atoms with Crippen molar-refractivity contribution in [3.8, 4) is 0 Å². The molecule has 0 spiro atoms. The van der Waals surface area contributed by atoms with E-state index in [1.807, 2.05) is 28.8 Å². The Labute approximate surface area is 177 Å². The standard InChI is InChI=1S/C21H22N2O4S2/c1-4-28-16-7-5-6-14(12-16)19(24)22-21-23(10-11-26-2)17-9-8-15(20(25)27-3)13-18(17)29-21/h5-9,12-13H,4,10-11H2,1-3H3. The van der Waals surface area contributed by atoms with E-state index in [0.717, 1.165) is 20.9 Å². The molecule has 0 aliphatic rings. The van der Waals surface area contributed by atoms with Crippen molar-refractivity contribution in [3.63, 3.8) is 0 Å². The number of thioether (sulfide) groups is 1. The highest BCUT2D eigenvalue weighted by Gasteiger charge is 2.13. The Morgan fingerprint density at radius 2 is 1.97 bits per heavy atom. The summed E-state index contributed by atoms with van der Waals surface area (Å²) < 4.78 is 12.8. The molecule has 1 heterocycles. The highest BCUT2D eigenvalue weighted by molar-refractivity contribution is 7.99. The number of hydrogen-bond acceptors (Lipinski definition) is 6. The van der Waals surface area contributed by atoms with E-state index in [9.17, 15) is 9.59 Å². The summed E-state index contributed by atoms with van der Waals surface area (Å²) in [6, 6.07) is 12.8. The number of esters is 1. The van der Waals surface area contributed by atoms with Gasteiger partial charge < -0.3 is 14.0 Å². The van der Waals surface area contributed by atoms with Gasteiger partial charge in [0.25, 0.3) is 5.91 Å². The molecule has 0 aliphatic carbocycles. The van der Waals surface area contributed by atoms with Crippen LogP contribution in [-0.2, 0) is 16.0 Å². The van der Waals surface area contributed by atoms with Gasteiger partial charge >= 0.3 is 5.97 Å². The van der Waals surface area contributed by atoms with E-state index in [0.29, 0.717) is 29.1 Å². The number of rotatable bonds is 7. The number of hydrogen-bond donors (Lipinski definition) is 0. The van der Waals surface area contributed by atoms with Gasteiger partial charge in [-0.1, -0.05) is 24.3 Å². The van der Waals surface area contributed by atoms with Crippen molar-refractivity contribution in [2.75, 3.05) is 26.6 Å². The minimum atomic E-state index is -0.399. The van der Waals surface area contributed by atoms with Crippen molar-refractivity contribution in [1.82, 2.24) is 4.57 Å². The zero-order valence-corrected chi connectivity index (χ0v) is 18.1. The monoisotopic (exact) mass is 430 g/mol. The second-order valence-electron chi connectivity index (χ2n) is 6.08. The van der Waals surface area contributed by atoms with Crippen LogP contribution in [0.3, 0.4) is 0 Å². The summed E-state index contributed by atoms with van der Waals surface area (Å²) in [5, 5.41) is 0. The maximum Gasteiger partial charge on any atom is 0.337 e. The van der Waals surface area contributed by atoms with Gasteiger partial charge in [-0.05, 0) is 42.2 Å². The molecular weight excluding hydrogens is 408 g/mol. The van der Waals surface area contributed by atoms with Crippen LogP contribution in [0.4, 0.5) is 0 Å². The summed E-state index contributed by atoms with van der Waals surface area (Å²) in [7, 11) is 2.98. The van der Waals surface area contributed by atoms with E-state index in [1.165, 1.54) is 18.4 Å². The lowest BCUT2D eigenvalue weighted by atomic mass is 10.2. The normalized spacial score (nSPS) is 11.8. The Bertz CT molecular complexity index is 1100. The zero-order valence-electron chi connectivity index (χ0n) is 16.5. The lowest BCUT2D eigenvalue weighted by Crippen LogP contribution is -2.19. The number of methoxy groups -OCH3 is 2. The van der Waals surface area contributed by atoms with Gasteiger partial charge in [0.15, 0.2) is 4.80 Å². The SMILES string of the molecule is CCSc1cccc(C(=O)N=c2sc3cc(C(=O)OC)ccc3n2CCOC)c1. The van der Waals surface area contributed by atoms with Crippen molar-refractivity contribution in [1.29, 1.82) is 0 Å². The Kier molecular flexibility index (Phi) is 7.24. The molecule has 0 atom stereocenters. The fourth-order valence-electron chi connectivity index (χ4n) is 2.84. The molecule has 1 aromatic heterocycles. The third-order valence-electron chi connectivity index (χ3n) is 4.21. The van der Waals surface area contributed by atoms with E-state index in [4.69, 9.17) is 9.47 Å². The molecular formula is C21H22N2O4S2. The number of fused-ring (bicyclic) bond motifs is 1. The first kappa shape index (κ1) is 21.3. The summed E-state index contributed by atoms with van der Waals surface area (Å²) in [6.07, 6.45) is 0. The number of aromatic nitrogens is 1. The lowest BCUT2D eigenvalue weighted by Gasteiger charge is -2.05. The number of amides is 1. The number of ether oxygens (including phenoxy) is 2. The Balaban J connectivity index is 2.07. The van der Waals surface area contributed by atoms with Crippen molar-refractivity contribution >= 4 is 45.2 Å². The number of nitrogens with zero attached hydrogens (tertiary/aromatic N) is 2. The lowest BCUT2D eigenvalue weighted by molar-refractivity contribution is 0.0600. The highest BCUT2D eigenvalue weighted by Crippen LogP contribution is 2.21. The minimum absolute atomic E-state index is 0.297. The van der Waals surface area contributed by atoms with E-state index < -0.39 is 5.97 Å². The van der Waals surface area contributed by atoms with Gasteiger partial charge in [-0.2, -0.15) is 4.99 Å². The summed E-state index contributed by atoms with van der Waals surface area (Å²) in [6.45, 7) is 3.10. The zero-order chi connectivity index (χ0) is 20.8. The van der Waals surface area contributed by atoms with Crippen LogP contribution in [0, 0.1) is 0 Å². The van der Waals surface area contributed by atoms with Crippen LogP contribution >= 0.6 is 23.1 Å². The van der Waals surface area contributed by atoms with E-state index in [-0.39, 0.29) is 5.91 Å². The molecule has 29 heavy (non-hydrogen) atoms. The van der Waals surface area contributed by atoms with Crippen LogP contribution in [0.15, 0.2) is 52.4 Å². The third kappa shape index (κ3) is 4.95. The second kappa shape index (κ2) is 9.87. The van der Waals surface area contributed by atoms with Gasteiger partial charge in [0.1, 0.15) is 0 Å². The van der Waals surface area contributed by atoms with E-state index in [1.54, 1.807) is 37.1 Å². The van der Waals surface area contributed by atoms with Gasteiger partial charge in [0.05, 0.1) is 29.5 Å². The number of carbonyl (C=O) groups excluding carboxylic acids is 2. The van der Waals surface area contributed by atoms with Gasteiger partial charge in [0.2, 0.25) is 0 Å². The molecule has 8 heteroatoms. The molecule has 0 saturated heterocycles. The van der Waals surface area contributed by atoms with Crippen LogP contribution in [0.25, 0.3) is 10.2 Å². The van der Waals surface area contributed by atoms with Gasteiger partial charge in [-0.15, -0.1) is 11.8 Å². The van der Waals surface area contributed by atoms with Gasteiger partial charge in [-0.25, -0.2) is 4.79 Å². The Hall–Kier alpha value is -2.42. The minimum Gasteiger partial charge on any atom is -0.465 e. The number of benzene rings is 2. The fourth-order valence-corrected chi connectivity index (χ4v) is 4.65. The smallest absolute Gasteiger partial charge is 0.337 e. The van der Waals surface area contributed by atoms with Gasteiger partial charge in [0, 0.05) is 24.1 Å². The van der Waals surface area contributed by atoms with Crippen LogP contribution < -0.4 is 4.80 Å². The maximum absolute atomic E-state index is 12.8.